The molecule has 2 N–H and O–H groups in total. The van der Waals surface area contributed by atoms with Gasteiger partial charge >= 0.3 is 0 Å². The maximum absolute atomic E-state index is 5.23. The van der Waals surface area contributed by atoms with Gasteiger partial charge in [-0.05, 0) is 5.29 Å². The number of hydrogen-bond donors (Lipinski definition) is 1. The highest BCUT2D eigenvalue weighted by molar-refractivity contribution is 6.35. The predicted molar refractivity (Wildman–Crippen MR) is 27.9 cm³/mol. The summed E-state index contributed by atoms with van der Waals surface area (Å²) in [6.07, 6.45) is 0. The van der Waals surface area contributed by atoms with E-state index in [1.54, 1.807) is 0 Å². The minimum absolute atomic E-state index is 0.611. The average Bonchev–Trinajstić information content (AvgIpc) is 0.811. The highest BCUT2D eigenvalue weighted by Crippen LogP contribution is 1.36. The molecule has 0 fully saturated rings. The van der Waals surface area contributed by atoms with Gasteiger partial charge < -0.3 is 5.73 Å². The molecule has 4 heavy (non-hydrogen) atoms. The Bertz CT molecular complexity index is 10.8. The SMILES string of the molecule is NC([SiH3])[SiH3]. The van der Waals surface area contributed by atoms with E-state index in [9.17, 15) is 0 Å². The van der Waals surface area contributed by atoms with Gasteiger partial charge in [-0.3, -0.25) is 0 Å². The zero-order valence-corrected chi connectivity index (χ0v) is 7.15. The van der Waals surface area contributed by atoms with Gasteiger partial charge in [-0.2, -0.15) is 0 Å². The lowest BCUT2D eigenvalue weighted by molar-refractivity contribution is 1.27. The van der Waals surface area contributed by atoms with E-state index in [1.807, 2.05) is 0 Å². The molecule has 0 radical (unpaired) electrons. The van der Waals surface area contributed by atoms with Gasteiger partial charge in [0.1, 0.15) is 0 Å². The Hall–Kier alpha value is 0.394. The summed E-state index contributed by atoms with van der Waals surface area (Å²) < 4.78 is 0. The second kappa shape index (κ2) is 1.69. The van der Waals surface area contributed by atoms with E-state index in [4.69, 9.17) is 5.73 Å². The summed E-state index contributed by atoms with van der Waals surface area (Å²) in [5.74, 6) is 0. The van der Waals surface area contributed by atoms with Crippen LogP contribution < -0.4 is 5.73 Å². The largest absolute Gasteiger partial charge is 0.335 e. The molecule has 0 aliphatic rings. The lowest BCUT2D eigenvalue weighted by Gasteiger charge is -1.80. The molecule has 0 spiro atoms. The molecule has 26 valence electrons. The summed E-state index contributed by atoms with van der Waals surface area (Å²) in [5.41, 5.74) is 5.23. The fourth-order valence-electron chi connectivity index (χ4n) is 0. The molecule has 0 saturated carbocycles. The van der Waals surface area contributed by atoms with Gasteiger partial charge in [0.05, 0.1) is 0 Å². The summed E-state index contributed by atoms with van der Waals surface area (Å²) in [6.45, 7) is 0. The van der Waals surface area contributed by atoms with Crippen molar-refractivity contribution in [3.63, 3.8) is 0 Å². The highest BCUT2D eigenvalue weighted by atomic mass is 28.2. The molecule has 0 aromatic heterocycles. The first-order valence-electron chi connectivity index (χ1n) is 1.49. The van der Waals surface area contributed by atoms with Gasteiger partial charge in [0.15, 0.2) is 0 Å². The van der Waals surface area contributed by atoms with Crippen molar-refractivity contribution < 1.29 is 0 Å². The topological polar surface area (TPSA) is 26.0 Å². The first-order chi connectivity index (χ1) is 1.73. The molecule has 0 aliphatic heterocycles. The fourth-order valence-corrected chi connectivity index (χ4v) is 0. The van der Waals surface area contributed by atoms with E-state index in [0.717, 1.165) is 0 Å². The van der Waals surface area contributed by atoms with Gasteiger partial charge in [0.25, 0.3) is 0 Å². The lowest BCUT2D eigenvalue weighted by Crippen LogP contribution is -2.18. The number of hydrogen-bond acceptors (Lipinski definition) is 1. The zero-order chi connectivity index (χ0) is 3.58. The Morgan fingerprint density at radius 2 is 1.50 bits per heavy atom. The summed E-state index contributed by atoms with van der Waals surface area (Å²) in [6, 6.07) is 0. The maximum Gasteiger partial charge on any atom is 0.0189 e. The molecule has 0 aliphatic carbocycles. The van der Waals surface area contributed by atoms with Crippen molar-refractivity contribution in [1.29, 1.82) is 0 Å². The summed E-state index contributed by atoms with van der Waals surface area (Å²) >= 11 is 0. The fraction of sp³-hybridized carbons (Fsp3) is 1.00. The normalized spacial score (nSPS) is 17.2. The molecular weight excluding hydrogens is 82.2 g/mol. The monoisotopic (exact) mass is 91.0 g/mol. The van der Waals surface area contributed by atoms with Gasteiger partial charge in [0.2, 0.25) is 0 Å². The first-order valence-corrected chi connectivity index (χ1v) is 3.80. The van der Waals surface area contributed by atoms with Crippen molar-refractivity contribution in [1.82, 2.24) is 0 Å². The summed E-state index contributed by atoms with van der Waals surface area (Å²) in [7, 11) is 2.38. The standard InChI is InChI=1S/CH9NSi2/c2-1(3)4/h1H,2H2,3-4H3. The Morgan fingerprint density at radius 3 is 1.50 bits per heavy atom. The molecule has 0 unspecified atom stereocenters. The van der Waals surface area contributed by atoms with Crippen molar-refractivity contribution in [2.75, 3.05) is 0 Å². The van der Waals surface area contributed by atoms with E-state index in [1.165, 1.54) is 20.5 Å². The van der Waals surface area contributed by atoms with E-state index in [0.29, 0.717) is 5.29 Å². The van der Waals surface area contributed by atoms with Crippen LogP contribution in [0.5, 0.6) is 0 Å². The third-order valence-corrected chi connectivity index (χ3v) is 0. The highest BCUT2D eigenvalue weighted by Gasteiger charge is 1.68. The van der Waals surface area contributed by atoms with Crippen LogP contribution in [0.3, 0.4) is 0 Å². The second-order valence-electron chi connectivity index (χ2n) is 1.24. The van der Waals surface area contributed by atoms with Gasteiger partial charge in [0, 0.05) is 20.5 Å². The van der Waals surface area contributed by atoms with Crippen LogP contribution in [0.2, 0.25) is 0 Å². The van der Waals surface area contributed by atoms with Crippen LogP contribution in [0.25, 0.3) is 0 Å². The van der Waals surface area contributed by atoms with Crippen molar-refractivity contribution in [2.24, 2.45) is 5.73 Å². The van der Waals surface area contributed by atoms with Crippen LogP contribution >= 0.6 is 0 Å². The van der Waals surface area contributed by atoms with Crippen molar-refractivity contribution >= 4 is 20.5 Å². The van der Waals surface area contributed by atoms with Crippen molar-refractivity contribution in [2.45, 2.75) is 5.29 Å². The molecule has 0 aromatic carbocycles. The Kier molecular flexibility index (Phi) is 1.85. The minimum Gasteiger partial charge on any atom is -0.335 e. The number of nitrogens with two attached hydrogens (primary N) is 1. The summed E-state index contributed by atoms with van der Waals surface area (Å²) in [4.78, 5) is 0. The number of rotatable bonds is 0. The maximum atomic E-state index is 5.23. The van der Waals surface area contributed by atoms with Crippen LogP contribution in [0.4, 0.5) is 0 Å². The summed E-state index contributed by atoms with van der Waals surface area (Å²) in [5, 5.41) is 0.611. The predicted octanol–water partition coefficient (Wildman–Crippen LogP) is -3.04. The Labute approximate surface area is 32.4 Å². The minimum atomic E-state index is 0.611. The van der Waals surface area contributed by atoms with E-state index < -0.39 is 0 Å². The second-order valence-corrected chi connectivity index (χ2v) is 7.20. The van der Waals surface area contributed by atoms with Gasteiger partial charge in [-0.15, -0.1) is 0 Å². The van der Waals surface area contributed by atoms with E-state index in [2.05, 4.69) is 0 Å². The molecule has 0 heterocycles. The van der Waals surface area contributed by atoms with E-state index in [-0.39, 0.29) is 0 Å². The third-order valence-electron chi connectivity index (χ3n) is 0. The Balaban J connectivity index is 2.32. The van der Waals surface area contributed by atoms with Crippen LogP contribution in [0, 0.1) is 0 Å². The molecule has 0 aromatic rings. The quantitative estimate of drug-likeness (QED) is 0.315. The third kappa shape index (κ3) is 30.0. The van der Waals surface area contributed by atoms with Crippen LogP contribution in [-0.2, 0) is 0 Å². The smallest absolute Gasteiger partial charge is 0.0189 e. The molecule has 0 amide bonds. The molecule has 0 atom stereocenters. The lowest BCUT2D eigenvalue weighted by atomic mass is 11.5. The molecular formula is CH9NSi2. The average molecular weight is 91.3 g/mol. The van der Waals surface area contributed by atoms with Crippen LogP contribution in [0.15, 0.2) is 0 Å². The zero-order valence-electron chi connectivity index (χ0n) is 3.15. The molecule has 0 bridgehead atoms. The van der Waals surface area contributed by atoms with Crippen LogP contribution in [-0.4, -0.2) is 25.8 Å². The van der Waals surface area contributed by atoms with Gasteiger partial charge in [-0.1, -0.05) is 0 Å². The molecule has 0 rings (SSSR count). The Morgan fingerprint density at radius 1 is 1.50 bits per heavy atom. The molecule has 0 saturated heterocycles. The molecule has 3 heteroatoms. The first kappa shape index (κ1) is 4.39. The molecule has 1 nitrogen and oxygen atoms in total. The van der Waals surface area contributed by atoms with E-state index >= 15 is 0 Å². The van der Waals surface area contributed by atoms with Crippen LogP contribution in [0.1, 0.15) is 0 Å². The van der Waals surface area contributed by atoms with Gasteiger partial charge in [-0.25, -0.2) is 0 Å². The van der Waals surface area contributed by atoms with Crippen molar-refractivity contribution in [3.05, 3.63) is 0 Å². The van der Waals surface area contributed by atoms with Crippen molar-refractivity contribution in [3.8, 4) is 0 Å².